The summed E-state index contributed by atoms with van der Waals surface area (Å²) in [5, 5.41) is 3.22. The molecule has 1 N–H and O–H groups in total. The molecule has 1 unspecified atom stereocenters. The Labute approximate surface area is 82.4 Å². The van der Waals surface area contributed by atoms with Crippen LogP contribution in [0, 0.1) is 0 Å². The van der Waals surface area contributed by atoms with Crippen LogP contribution in [0.2, 0.25) is 0 Å². The molecule has 0 aliphatic heterocycles. The average molecular weight is 188 g/mol. The van der Waals surface area contributed by atoms with E-state index in [-0.39, 0.29) is 0 Å². The second kappa shape index (κ2) is 8.48. The Kier molecular flexibility index (Phi) is 8.40. The lowest BCUT2D eigenvalue weighted by molar-refractivity contribution is 0.163. The van der Waals surface area contributed by atoms with Crippen molar-refractivity contribution < 1.29 is 4.74 Å². The van der Waals surface area contributed by atoms with Gasteiger partial charge in [-0.3, -0.25) is 0 Å². The van der Waals surface area contributed by atoms with E-state index in [0.29, 0.717) is 6.04 Å². The molecule has 0 radical (unpaired) electrons. The number of nitrogens with one attached hydrogen (secondary N) is 1. The summed E-state index contributed by atoms with van der Waals surface area (Å²) in [7, 11) is 5.94. The van der Waals surface area contributed by atoms with E-state index in [0.717, 1.165) is 26.1 Å². The molecule has 0 aromatic carbocycles. The standard InChI is InChI=1S/C10H24N2O/c1-5-10(9-11-2)12(3)7-6-8-13-4/h10-11H,5-9H2,1-4H3. The first-order valence-corrected chi connectivity index (χ1v) is 5.10. The number of hydrogen-bond donors (Lipinski definition) is 1. The molecule has 13 heavy (non-hydrogen) atoms. The van der Waals surface area contributed by atoms with Crippen LogP contribution in [-0.4, -0.2) is 51.8 Å². The molecule has 1 atom stereocenters. The lowest BCUT2D eigenvalue weighted by Gasteiger charge is -2.26. The molecular formula is C10H24N2O. The summed E-state index contributed by atoms with van der Waals surface area (Å²) in [6.07, 6.45) is 2.32. The molecule has 0 saturated carbocycles. The van der Waals surface area contributed by atoms with E-state index in [1.54, 1.807) is 7.11 Å². The van der Waals surface area contributed by atoms with E-state index in [1.807, 2.05) is 7.05 Å². The Morgan fingerprint density at radius 1 is 1.46 bits per heavy atom. The van der Waals surface area contributed by atoms with Crippen molar-refractivity contribution in [3.05, 3.63) is 0 Å². The molecule has 0 spiro atoms. The van der Waals surface area contributed by atoms with Crippen LogP contribution in [0.15, 0.2) is 0 Å². The highest BCUT2D eigenvalue weighted by molar-refractivity contribution is 4.68. The first-order chi connectivity index (χ1) is 6.26. The Bertz CT molecular complexity index is 109. The molecule has 80 valence electrons. The van der Waals surface area contributed by atoms with Crippen molar-refractivity contribution in [2.75, 3.05) is 40.9 Å². The van der Waals surface area contributed by atoms with Gasteiger partial charge in [0.05, 0.1) is 0 Å². The lowest BCUT2D eigenvalue weighted by Crippen LogP contribution is -2.39. The number of rotatable bonds is 8. The Morgan fingerprint density at radius 3 is 2.62 bits per heavy atom. The van der Waals surface area contributed by atoms with Crippen LogP contribution in [0.1, 0.15) is 19.8 Å². The summed E-state index contributed by atoms with van der Waals surface area (Å²) in [4.78, 5) is 2.40. The molecule has 0 rings (SSSR count). The van der Waals surface area contributed by atoms with Crippen molar-refractivity contribution in [2.24, 2.45) is 0 Å². The largest absolute Gasteiger partial charge is 0.385 e. The Balaban J connectivity index is 3.57. The number of likely N-dealkylation sites (N-methyl/N-ethyl adjacent to an activating group) is 2. The van der Waals surface area contributed by atoms with Gasteiger partial charge in [0.25, 0.3) is 0 Å². The first-order valence-electron chi connectivity index (χ1n) is 5.10. The van der Waals surface area contributed by atoms with Crippen molar-refractivity contribution in [3.63, 3.8) is 0 Å². The molecule has 0 aliphatic rings. The van der Waals surface area contributed by atoms with E-state index < -0.39 is 0 Å². The maximum absolute atomic E-state index is 5.02. The van der Waals surface area contributed by atoms with Gasteiger partial charge in [0.2, 0.25) is 0 Å². The van der Waals surface area contributed by atoms with Gasteiger partial charge >= 0.3 is 0 Å². The van der Waals surface area contributed by atoms with E-state index in [2.05, 4.69) is 24.2 Å². The maximum Gasteiger partial charge on any atom is 0.0474 e. The van der Waals surface area contributed by atoms with Crippen molar-refractivity contribution in [1.82, 2.24) is 10.2 Å². The predicted molar refractivity (Wildman–Crippen MR) is 57.1 cm³/mol. The quantitative estimate of drug-likeness (QED) is 0.574. The van der Waals surface area contributed by atoms with Crippen molar-refractivity contribution in [2.45, 2.75) is 25.8 Å². The van der Waals surface area contributed by atoms with Crippen molar-refractivity contribution >= 4 is 0 Å². The number of hydrogen-bond acceptors (Lipinski definition) is 3. The summed E-state index contributed by atoms with van der Waals surface area (Å²) < 4.78 is 5.02. The molecule has 0 aromatic rings. The van der Waals surface area contributed by atoms with Gasteiger partial charge in [0, 0.05) is 32.8 Å². The van der Waals surface area contributed by atoms with Crippen LogP contribution in [0.25, 0.3) is 0 Å². The molecule has 0 aromatic heterocycles. The van der Waals surface area contributed by atoms with E-state index in [1.165, 1.54) is 6.42 Å². The van der Waals surface area contributed by atoms with Crippen molar-refractivity contribution in [3.8, 4) is 0 Å². The fraction of sp³-hybridized carbons (Fsp3) is 1.00. The third-order valence-corrected chi connectivity index (χ3v) is 2.39. The van der Waals surface area contributed by atoms with Crippen LogP contribution in [0.5, 0.6) is 0 Å². The zero-order valence-corrected chi connectivity index (χ0v) is 9.47. The number of ether oxygens (including phenoxy) is 1. The fourth-order valence-corrected chi connectivity index (χ4v) is 1.49. The molecule has 0 heterocycles. The van der Waals surface area contributed by atoms with Gasteiger partial charge < -0.3 is 15.0 Å². The van der Waals surface area contributed by atoms with E-state index in [9.17, 15) is 0 Å². The minimum absolute atomic E-state index is 0.654. The van der Waals surface area contributed by atoms with E-state index in [4.69, 9.17) is 4.74 Å². The normalized spacial score (nSPS) is 13.6. The third-order valence-electron chi connectivity index (χ3n) is 2.39. The van der Waals surface area contributed by atoms with Crippen LogP contribution in [-0.2, 0) is 4.74 Å². The summed E-state index contributed by atoms with van der Waals surface area (Å²) in [6, 6.07) is 0.654. The summed E-state index contributed by atoms with van der Waals surface area (Å²) in [6.45, 7) is 5.28. The second-order valence-corrected chi connectivity index (χ2v) is 3.45. The van der Waals surface area contributed by atoms with Gasteiger partial charge in [-0.05, 0) is 26.9 Å². The summed E-state index contributed by atoms with van der Waals surface area (Å²) in [5.74, 6) is 0. The molecule has 3 heteroatoms. The highest BCUT2D eigenvalue weighted by Gasteiger charge is 2.10. The first kappa shape index (κ1) is 12.9. The van der Waals surface area contributed by atoms with Crippen LogP contribution >= 0.6 is 0 Å². The average Bonchev–Trinajstić information content (AvgIpc) is 2.14. The van der Waals surface area contributed by atoms with Crippen LogP contribution in [0.3, 0.4) is 0 Å². The highest BCUT2D eigenvalue weighted by Crippen LogP contribution is 2.01. The lowest BCUT2D eigenvalue weighted by atomic mass is 10.2. The minimum atomic E-state index is 0.654. The van der Waals surface area contributed by atoms with Gasteiger partial charge in [0.15, 0.2) is 0 Å². The molecule has 0 saturated heterocycles. The molecule has 3 nitrogen and oxygen atoms in total. The minimum Gasteiger partial charge on any atom is -0.385 e. The fourth-order valence-electron chi connectivity index (χ4n) is 1.49. The van der Waals surface area contributed by atoms with Gasteiger partial charge in [-0.2, -0.15) is 0 Å². The van der Waals surface area contributed by atoms with E-state index >= 15 is 0 Å². The Hall–Kier alpha value is -0.120. The Morgan fingerprint density at radius 2 is 2.15 bits per heavy atom. The SMILES string of the molecule is CCC(CNC)N(C)CCCOC. The number of methoxy groups -OCH3 is 1. The molecule has 0 fully saturated rings. The van der Waals surface area contributed by atoms with Crippen molar-refractivity contribution in [1.29, 1.82) is 0 Å². The van der Waals surface area contributed by atoms with Gasteiger partial charge in [-0.25, -0.2) is 0 Å². The topological polar surface area (TPSA) is 24.5 Å². The molecule has 0 amide bonds. The molecular weight excluding hydrogens is 164 g/mol. The highest BCUT2D eigenvalue weighted by atomic mass is 16.5. The smallest absolute Gasteiger partial charge is 0.0474 e. The zero-order chi connectivity index (χ0) is 10.1. The van der Waals surface area contributed by atoms with Gasteiger partial charge in [0.1, 0.15) is 0 Å². The monoisotopic (exact) mass is 188 g/mol. The van der Waals surface area contributed by atoms with Crippen LogP contribution in [0.4, 0.5) is 0 Å². The molecule has 0 bridgehead atoms. The van der Waals surface area contributed by atoms with Crippen LogP contribution < -0.4 is 5.32 Å². The second-order valence-electron chi connectivity index (χ2n) is 3.45. The molecule has 0 aliphatic carbocycles. The third kappa shape index (κ3) is 6.02. The summed E-state index contributed by atoms with van der Waals surface area (Å²) in [5.41, 5.74) is 0. The zero-order valence-electron chi connectivity index (χ0n) is 9.47. The van der Waals surface area contributed by atoms with Gasteiger partial charge in [-0.1, -0.05) is 6.92 Å². The van der Waals surface area contributed by atoms with Gasteiger partial charge in [-0.15, -0.1) is 0 Å². The number of nitrogens with zero attached hydrogens (tertiary/aromatic N) is 1. The predicted octanol–water partition coefficient (Wildman–Crippen LogP) is 0.953. The summed E-state index contributed by atoms with van der Waals surface area (Å²) >= 11 is 0. The maximum atomic E-state index is 5.02.